The lowest BCUT2D eigenvalue weighted by molar-refractivity contribution is 0.444. The predicted molar refractivity (Wildman–Crippen MR) is 127 cm³/mol. The Morgan fingerprint density at radius 1 is 0.381 bits per heavy atom. The fourth-order valence-electron chi connectivity index (χ4n) is 4.56. The summed E-state index contributed by atoms with van der Waals surface area (Å²) in [4.78, 5) is 51.7. The normalized spacial score (nSPS) is 11.7. The van der Waals surface area contributed by atoms with Crippen LogP contribution in [-0.2, 0) is 0 Å². The van der Waals surface area contributed by atoms with Crippen LogP contribution in [0.3, 0.4) is 0 Å². The molecule has 0 aliphatic carbocycles. The molecule has 0 aliphatic heterocycles. The van der Waals surface area contributed by atoms with Gasteiger partial charge in [0.1, 0.15) is 11.4 Å². The van der Waals surface area contributed by atoms with Gasteiger partial charge < -0.3 is 0 Å². The molecule has 0 saturated heterocycles. The summed E-state index contributed by atoms with van der Waals surface area (Å²) in [5.74, 6) is -22.6. The number of rotatable bonds is 4. The third-order valence-electron chi connectivity index (χ3n) is 6.45. The van der Waals surface area contributed by atoms with E-state index in [2.05, 4.69) is 13.2 Å². The van der Waals surface area contributed by atoms with E-state index in [1.807, 2.05) is 0 Å². The zero-order chi connectivity index (χ0) is 31.3. The van der Waals surface area contributed by atoms with Gasteiger partial charge in [-0.3, -0.25) is 19.2 Å². The third kappa shape index (κ3) is 3.22. The number of aromatic nitrogens is 2. The molecule has 0 bridgehead atoms. The molecule has 0 N–H and O–H groups in total. The first-order valence-corrected chi connectivity index (χ1v) is 10.9. The van der Waals surface area contributed by atoms with E-state index in [-0.39, 0.29) is 0 Å². The van der Waals surface area contributed by atoms with Gasteiger partial charge in [-0.25, -0.2) is 53.0 Å². The molecule has 3 aromatic carbocycles. The first-order chi connectivity index (χ1) is 19.6. The highest BCUT2D eigenvalue weighted by atomic mass is 19.2. The maximum absolute atomic E-state index is 15.6. The molecule has 0 spiro atoms. The van der Waals surface area contributed by atoms with Gasteiger partial charge in [0, 0.05) is 0 Å². The van der Waals surface area contributed by atoms with Gasteiger partial charge in [0.2, 0.25) is 0 Å². The summed E-state index contributed by atoms with van der Waals surface area (Å²) >= 11 is 0. The maximum atomic E-state index is 15.6. The van der Waals surface area contributed by atoms with E-state index >= 15 is 8.78 Å². The first-order valence-electron chi connectivity index (χ1n) is 10.9. The third-order valence-corrected chi connectivity index (χ3v) is 6.45. The lowest BCUT2D eigenvalue weighted by Crippen LogP contribution is -2.28. The molecule has 0 fully saturated rings. The molecular formula is C26H6F10N2O4. The van der Waals surface area contributed by atoms with E-state index in [1.165, 1.54) is 0 Å². The molecule has 42 heavy (non-hydrogen) atoms. The minimum atomic E-state index is -2.37. The van der Waals surface area contributed by atoms with E-state index in [4.69, 9.17) is 0 Å². The van der Waals surface area contributed by atoms with Crippen molar-refractivity contribution in [3.63, 3.8) is 0 Å². The number of hydrogen-bond donors (Lipinski definition) is 0. The second kappa shape index (κ2) is 9.12. The van der Waals surface area contributed by atoms with Crippen molar-refractivity contribution in [1.82, 2.24) is 9.13 Å². The smallest absolute Gasteiger partial charge is 0.268 e. The highest BCUT2D eigenvalue weighted by Gasteiger charge is 2.35. The van der Waals surface area contributed by atoms with Gasteiger partial charge in [0.05, 0.1) is 32.7 Å². The Morgan fingerprint density at radius 3 is 0.786 bits per heavy atom. The van der Waals surface area contributed by atoms with Crippen LogP contribution >= 0.6 is 0 Å². The predicted octanol–water partition coefficient (Wildman–Crippen LogP) is 4.57. The van der Waals surface area contributed by atoms with Crippen molar-refractivity contribution in [2.24, 2.45) is 0 Å². The summed E-state index contributed by atoms with van der Waals surface area (Å²) in [5, 5.41) is -7.09. The van der Waals surface area contributed by atoms with Gasteiger partial charge >= 0.3 is 0 Å². The molecular weight excluding hydrogens is 594 g/mol. The van der Waals surface area contributed by atoms with Crippen molar-refractivity contribution in [3.8, 4) is 11.4 Å². The van der Waals surface area contributed by atoms with Crippen molar-refractivity contribution >= 4 is 33.7 Å². The lowest BCUT2D eigenvalue weighted by atomic mass is 10.1. The van der Waals surface area contributed by atoms with Gasteiger partial charge in [0.25, 0.3) is 22.2 Å². The maximum Gasteiger partial charge on any atom is 0.269 e. The summed E-state index contributed by atoms with van der Waals surface area (Å²) in [6, 6.07) is 0. The van der Waals surface area contributed by atoms with Gasteiger partial charge in [-0.2, -0.15) is 0 Å². The van der Waals surface area contributed by atoms with E-state index in [0.717, 1.165) is 0 Å². The van der Waals surface area contributed by atoms with E-state index in [9.17, 15) is 54.3 Å². The zero-order valence-corrected chi connectivity index (χ0v) is 19.9. The largest absolute Gasteiger partial charge is 0.269 e. The molecule has 5 rings (SSSR count). The summed E-state index contributed by atoms with van der Waals surface area (Å²) in [5.41, 5.74) is -15.6. The summed E-state index contributed by atoms with van der Waals surface area (Å²) in [6.45, 7) is 5.87. The Bertz CT molecular complexity index is 2030. The Kier molecular flexibility index (Phi) is 6.13. The van der Waals surface area contributed by atoms with Crippen LogP contribution < -0.4 is 22.2 Å². The minimum Gasteiger partial charge on any atom is -0.268 e. The molecule has 2 heterocycles. The topological polar surface area (TPSA) is 78.1 Å². The van der Waals surface area contributed by atoms with E-state index in [1.54, 1.807) is 0 Å². The van der Waals surface area contributed by atoms with E-state index in [0.29, 0.717) is 12.2 Å². The SMILES string of the molecule is C=Cc1c(F)c(F)c(-n2c(=O)c3c(F)c4c(=O)n(-c5c(F)c(F)c(C=C)c(F)c5F)c(=O)c4c(F)c3c2=O)c(F)c1F. The average molecular weight is 600 g/mol. The van der Waals surface area contributed by atoms with Gasteiger partial charge in [-0.15, -0.1) is 0 Å². The molecule has 0 amide bonds. The Hall–Kier alpha value is -5.28. The Morgan fingerprint density at radius 2 is 0.595 bits per heavy atom. The van der Waals surface area contributed by atoms with Gasteiger partial charge in [0.15, 0.2) is 58.2 Å². The van der Waals surface area contributed by atoms with Crippen LogP contribution in [0.5, 0.6) is 0 Å². The van der Waals surface area contributed by atoms with Crippen molar-refractivity contribution in [2.75, 3.05) is 0 Å². The first kappa shape index (κ1) is 28.3. The highest BCUT2D eigenvalue weighted by Crippen LogP contribution is 2.31. The number of halogens is 10. The minimum absolute atomic E-state index is 0.337. The van der Waals surface area contributed by atoms with Crippen molar-refractivity contribution in [2.45, 2.75) is 0 Å². The van der Waals surface area contributed by atoms with Crippen LogP contribution in [0.2, 0.25) is 0 Å². The van der Waals surface area contributed by atoms with E-state index < -0.39 is 134 Å². The molecule has 0 radical (unpaired) electrons. The number of benzene rings is 3. The fraction of sp³-hybridized carbons (Fsp3) is 0. The molecule has 2 aromatic heterocycles. The van der Waals surface area contributed by atoms with Crippen LogP contribution in [0.4, 0.5) is 43.9 Å². The average Bonchev–Trinajstić information content (AvgIpc) is 3.36. The summed E-state index contributed by atoms with van der Waals surface area (Å²) in [7, 11) is 0. The monoisotopic (exact) mass is 600 g/mol. The second-order valence-corrected chi connectivity index (χ2v) is 8.46. The zero-order valence-electron chi connectivity index (χ0n) is 19.9. The standard InChI is InChI=1S/C26H6F10N2O4/c1-3-5-11(27)17(33)21(18(34)12(5)28)37-23(39)7-8(24(37)40)16(32)10-9(15(7)31)25(41)38(26(10)42)22-19(35)13(29)6(4-2)14(30)20(22)36/h3-4H,1-2H2. The fourth-order valence-corrected chi connectivity index (χ4v) is 4.56. The quantitative estimate of drug-likeness (QED) is 0.224. The van der Waals surface area contributed by atoms with Crippen LogP contribution in [0.15, 0.2) is 32.3 Å². The highest BCUT2D eigenvalue weighted by molar-refractivity contribution is 6.00. The molecule has 214 valence electrons. The molecule has 16 heteroatoms. The molecule has 0 aliphatic rings. The van der Waals surface area contributed by atoms with Crippen LogP contribution in [0.1, 0.15) is 11.1 Å². The molecule has 6 nitrogen and oxygen atoms in total. The molecule has 0 saturated carbocycles. The van der Waals surface area contributed by atoms with Crippen LogP contribution in [0.25, 0.3) is 45.1 Å². The molecule has 0 atom stereocenters. The lowest BCUT2D eigenvalue weighted by Gasteiger charge is -2.09. The van der Waals surface area contributed by atoms with Gasteiger partial charge in [-0.05, 0) is 0 Å². The van der Waals surface area contributed by atoms with Gasteiger partial charge in [-0.1, -0.05) is 25.3 Å². The molecule has 0 unspecified atom stereocenters. The molecule has 5 aromatic rings. The summed E-state index contributed by atoms with van der Waals surface area (Å²) < 4.78 is 146. The van der Waals surface area contributed by atoms with Crippen molar-refractivity contribution < 1.29 is 43.9 Å². The number of nitrogens with zero attached hydrogens (tertiary/aromatic N) is 2. The van der Waals surface area contributed by atoms with Crippen LogP contribution in [0, 0.1) is 58.2 Å². The Labute approximate surface area is 222 Å². The second-order valence-electron chi connectivity index (χ2n) is 8.46. The van der Waals surface area contributed by atoms with Crippen LogP contribution in [-0.4, -0.2) is 9.13 Å². The Balaban J connectivity index is 1.99. The van der Waals surface area contributed by atoms with Crippen molar-refractivity contribution in [3.05, 3.63) is 124 Å². The van der Waals surface area contributed by atoms with Crippen molar-refractivity contribution in [1.29, 1.82) is 0 Å². The number of hydrogen-bond acceptors (Lipinski definition) is 4. The summed E-state index contributed by atoms with van der Waals surface area (Å²) in [6.07, 6.45) is 0.675. The number of fused-ring (bicyclic) bond motifs is 2.